The lowest BCUT2D eigenvalue weighted by atomic mass is 10.1. The number of urea groups is 1. The molecule has 5 nitrogen and oxygen atoms in total. The lowest BCUT2D eigenvalue weighted by Crippen LogP contribution is -2.42. The molecule has 1 aromatic heterocycles. The monoisotopic (exact) mass is 251 g/mol. The first-order valence-corrected chi connectivity index (χ1v) is 6.64. The molecule has 1 unspecified atom stereocenters. The molecular weight excluding hydrogens is 230 g/mol. The minimum absolute atomic E-state index is 0.0121. The van der Waals surface area contributed by atoms with Crippen molar-refractivity contribution in [3.05, 3.63) is 17.5 Å². The number of carbonyl (C=O) groups is 1. The first kappa shape index (κ1) is 12.9. The Morgan fingerprint density at radius 3 is 3.06 bits per heavy atom. The molecule has 1 atom stereocenters. The van der Waals surface area contributed by atoms with E-state index in [1.54, 1.807) is 0 Å². The van der Waals surface area contributed by atoms with E-state index in [0.717, 1.165) is 37.3 Å². The summed E-state index contributed by atoms with van der Waals surface area (Å²) in [6.45, 7) is 6.75. The van der Waals surface area contributed by atoms with Gasteiger partial charge in [-0.2, -0.15) is 0 Å². The molecule has 2 rings (SSSR count). The van der Waals surface area contributed by atoms with Crippen molar-refractivity contribution in [3.8, 4) is 0 Å². The van der Waals surface area contributed by atoms with Gasteiger partial charge in [0.15, 0.2) is 5.76 Å². The molecule has 0 spiro atoms. The second kappa shape index (κ2) is 5.42. The van der Waals surface area contributed by atoms with Gasteiger partial charge in [-0.1, -0.05) is 12.1 Å². The number of hydrogen-bond donors (Lipinski definition) is 1. The average molecular weight is 251 g/mol. The summed E-state index contributed by atoms with van der Waals surface area (Å²) in [6.07, 6.45) is 2.82. The Balaban J connectivity index is 2.09. The van der Waals surface area contributed by atoms with Crippen LogP contribution in [0.3, 0.4) is 0 Å². The quantitative estimate of drug-likeness (QED) is 0.898. The Bertz CT molecular complexity index is 414. The average Bonchev–Trinajstić information content (AvgIpc) is 2.96. The highest BCUT2D eigenvalue weighted by Gasteiger charge is 2.32. The third-order valence-electron chi connectivity index (χ3n) is 3.19. The van der Waals surface area contributed by atoms with Crippen molar-refractivity contribution in [3.63, 3.8) is 0 Å². The van der Waals surface area contributed by atoms with E-state index in [1.165, 1.54) is 0 Å². The van der Waals surface area contributed by atoms with E-state index in [1.807, 2.05) is 31.7 Å². The maximum Gasteiger partial charge on any atom is 0.318 e. The maximum absolute atomic E-state index is 12.1. The van der Waals surface area contributed by atoms with Gasteiger partial charge in [-0.25, -0.2) is 4.79 Å². The smallest absolute Gasteiger partial charge is 0.318 e. The van der Waals surface area contributed by atoms with Crippen LogP contribution in [0, 0.1) is 0 Å². The fourth-order valence-electron chi connectivity index (χ4n) is 2.29. The summed E-state index contributed by atoms with van der Waals surface area (Å²) < 4.78 is 5.35. The number of carbonyl (C=O) groups excluding carboxylic acids is 1. The van der Waals surface area contributed by atoms with Crippen LogP contribution in [0.15, 0.2) is 10.6 Å². The molecule has 18 heavy (non-hydrogen) atoms. The van der Waals surface area contributed by atoms with Gasteiger partial charge in [-0.3, -0.25) is 0 Å². The fourth-order valence-corrected chi connectivity index (χ4v) is 2.29. The lowest BCUT2D eigenvalue weighted by molar-refractivity contribution is 0.180. The van der Waals surface area contributed by atoms with Crippen LogP contribution in [0.5, 0.6) is 0 Å². The zero-order valence-corrected chi connectivity index (χ0v) is 11.3. The zero-order valence-electron chi connectivity index (χ0n) is 11.3. The van der Waals surface area contributed by atoms with Gasteiger partial charge < -0.3 is 14.7 Å². The number of likely N-dealkylation sites (tertiary alicyclic amines) is 1. The summed E-state index contributed by atoms with van der Waals surface area (Å²) in [5, 5.41) is 6.93. The predicted molar refractivity (Wildman–Crippen MR) is 68.2 cm³/mol. The van der Waals surface area contributed by atoms with Crippen molar-refractivity contribution in [2.24, 2.45) is 0 Å². The number of amides is 2. The van der Waals surface area contributed by atoms with Crippen LogP contribution in [0.1, 0.15) is 51.1 Å². The number of nitrogens with zero attached hydrogens (tertiary/aromatic N) is 2. The maximum atomic E-state index is 12.1. The molecule has 5 heteroatoms. The summed E-state index contributed by atoms with van der Waals surface area (Å²) in [5.41, 5.74) is 0.945. The molecular formula is C13H21N3O2. The highest BCUT2D eigenvalue weighted by molar-refractivity contribution is 5.75. The molecule has 1 saturated heterocycles. The number of aryl methyl sites for hydroxylation is 1. The molecule has 1 aliphatic rings. The molecule has 0 bridgehead atoms. The Morgan fingerprint density at radius 2 is 2.44 bits per heavy atom. The molecule has 2 amide bonds. The molecule has 0 saturated carbocycles. The molecule has 1 aliphatic heterocycles. The second-order valence-electron chi connectivity index (χ2n) is 5.03. The van der Waals surface area contributed by atoms with Crippen molar-refractivity contribution in [2.75, 3.05) is 6.54 Å². The summed E-state index contributed by atoms with van der Waals surface area (Å²) in [5.74, 6) is 0.809. The van der Waals surface area contributed by atoms with Crippen molar-refractivity contribution in [2.45, 2.75) is 52.1 Å². The van der Waals surface area contributed by atoms with Gasteiger partial charge in [-0.15, -0.1) is 0 Å². The molecule has 1 N–H and O–H groups in total. The van der Waals surface area contributed by atoms with E-state index < -0.39 is 0 Å². The van der Waals surface area contributed by atoms with Gasteiger partial charge >= 0.3 is 6.03 Å². The number of nitrogens with one attached hydrogen (secondary N) is 1. The SMILES string of the molecule is CCc1cc(C2CCCN2C(=O)NC(C)C)on1. The first-order valence-electron chi connectivity index (χ1n) is 6.64. The van der Waals surface area contributed by atoms with E-state index in [4.69, 9.17) is 4.52 Å². The minimum Gasteiger partial charge on any atom is -0.359 e. The third-order valence-corrected chi connectivity index (χ3v) is 3.19. The van der Waals surface area contributed by atoms with Gasteiger partial charge in [0.25, 0.3) is 0 Å². The summed E-state index contributed by atoms with van der Waals surface area (Å²) in [7, 11) is 0. The normalized spacial score (nSPS) is 19.6. The summed E-state index contributed by atoms with van der Waals surface area (Å²) in [4.78, 5) is 13.9. The third kappa shape index (κ3) is 2.66. The van der Waals surface area contributed by atoms with Crippen molar-refractivity contribution < 1.29 is 9.32 Å². The van der Waals surface area contributed by atoms with E-state index in [-0.39, 0.29) is 18.1 Å². The topological polar surface area (TPSA) is 58.4 Å². The van der Waals surface area contributed by atoms with Crippen molar-refractivity contribution in [1.82, 2.24) is 15.4 Å². The Labute approximate surface area is 108 Å². The Morgan fingerprint density at radius 1 is 1.67 bits per heavy atom. The predicted octanol–water partition coefficient (Wildman–Crippen LogP) is 2.49. The van der Waals surface area contributed by atoms with E-state index in [0.29, 0.717) is 0 Å². The Kier molecular flexibility index (Phi) is 3.89. The second-order valence-corrected chi connectivity index (χ2v) is 5.03. The lowest BCUT2D eigenvalue weighted by Gasteiger charge is -2.24. The largest absolute Gasteiger partial charge is 0.359 e. The van der Waals surface area contributed by atoms with Crippen molar-refractivity contribution >= 4 is 6.03 Å². The molecule has 0 radical (unpaired) electrons. The molecule has 100 valence electrons. The van der Waals surface area contributed by atoms with E-state index >= 15 is 0 Å². The van der Waals surface area contributed by atoms with Crippen LogP contribution >= 0.6 is 0 Å². The first-order chi connectivity index (χ1) is 8.61. The summed E-state index contributed by atoms with van der Waals surface area (Å²) in [6, 6.07) is 2.14. The van der Waals surface area contributed by atoms with Crippen LogP contribution in [0.2, 0.25) is 0 Å². The van der Waals surface area contributed by atoms with E-state index in [9.17, 15) is 4.79 Å². The van der Waals surface area contributed by atoms with E-state index in [2.05, 4.69) is 10.5 Å². The van der Waals surface area contributed by atoms with Crippen LogP contribution in [0.25, 0.3) is 0 Å². The van der Waals surface area contributed by atoms with Crippen molar-refractivity contribution in [1.29, 1.82) is 0 Å². The van der Waals surface area contributed by atoms with Gasteiger partial charge in [0.1, 0.15) is 0 Å². The zero-order chi connectivity index (χ0) is 13.1. The highest BCUT2D eigenvalue weighted by Crippen LogP contribution is 2.32. The standard InChI is InChI=1S/C13H21N3O2/c1-4-10-8-12(18-15-10)11-6-5-7-16(11)13(17)14-9(2)3/h8-9,11H,4-7H2,1-3H3,(H,14,17). The van der Waals surface area contributed by atoms with Crippen LogP contribution in [-0.2, 0) is 6.42 Å². The molecule has 1 aromatic rings. The number of aromatic nitrogens is 1. The minimum atomic E-state index is -0.0121. The van der Waals surface area contributed by atoms with Gasteiger partial charge in [0, 0.05) is 18.7 Å². The molecule has 0 aromatic carbocycles. The molecule has 1 fully saturated rings. The fraction of sp³-hybridized carbons (Fsp3) is 0.692. The van der Waals surface area contributed by atoms with Gasteiger partial charge in [0.05, 0.1) is 11.7 Å². The molecule has 2 heterocycles. The number of hydrogen-bond acceptors (Lipinski definition) is 3. The Hall–Kier alpha value is -1.52. The van der Waals surface area contributed by atoms with Crippen LogP contribution in [-0.4, -0.2) is 28.7 Å². The molecule has 0 aliphatic carbocycles. The van der Waals surface area contributed by atoms with Crippen LogP contribution in [0.4, 0.5) is 4.79 Å². The summed E-state index contributed by atoms with van der Waals surface area (Å²) >= 11 is 0. The van der Waals surface area contributed by atoms with Crippen LogP contribution < -0.4 is 5.32 Å². The number of rotatable bonds is 3. The highest BCUT2D eigenvalue weighted by atomic mass is 16.5. The van der Waals surface area contributed by atoms with Gasteiger partial charge in [0.2, 0.25) is 0 Å². The van der Waals surface area contributed by atoms with Gasteiger partial charge in [-0.05, 0) is 33.1 Å².